The molecule has 116 valence electrons. The molecule has 1 aliphatic rings. The molecule has 1 atom stereocenters. The van der Waals surface area contributed by atoms with Crippen LogP contribution in [0.1, 0.15) is 6.42 Å². The van der Waals surface area contributed by atoms with E-state index in [1.807, 2.05) is 0 Å². The largest absolute Gasteiger partial charge is 0.365 e. The summed E-state index contributed by atoms with van der Waals surface area (Å²) >= 11 is 0. The Morgan fingerprint density at radius 1 is 1.17 bits per heavy atom. The third-order valence-electron chi connectivity index (χ3n) is 3.56. The molecule has 9 nitrogen and oxygen atoms in total. The maximum Gasteiger partial charge on any atom is 0.263 e. The Kier molecular flexibility index (Phi) is 3.60. The zero-order valence-electron chi connectivity index (χ0n) is 12.2. The molecule has 2 N–H and O–H groups in total. The number of nitrogens with one attached hydrogen (secondary N) is 2. The summed E-state index contributed by atoms with van der Waals surface area (Å²) in [4.78, 5) is 20.9. The minimum absolute atomic E-state index is 0.325. The summed E-state index contributed by atoms with van der Waals surface area (Å²) < 4.78 is 5.35. The van der Waals surface area contributed by atoms with Crippen molar-refractivity contribution in [2.75, 3.05) is 18.4 Å². The molecule has 0 aliphatic carbocycles. The summed E-state index contributed by atoms with van der Waals surface area (Å²) in [5.41, 5.74) is 1.22. The first-order chi connectivity index (χ1) is 11.4. The normalized spacial score (nSPS) is 17.3. The quantitative estimate of drug-likeness (QED) is 0.720. The second kappa shape index (κ2) is 6.05. The molecule has 23 heavy (non-hydrogen) atoms. The van der Waals surface area contributed by atoms with Gasteiger partial charge in [-0.1, -0.05) is 5.16 Å². The van der Waals surface area contributed by atoms with Gasteiger partial charge in [0, 0.05) is 31.2 Å². The van der Waals surface area contributed by atoms with Crippen molar-refractivity contribution in [2.45, 2.75) is 12.5 Å². The highest BCUT2D eigenvalue weighted by molar-refractivity contribution is 5.69. The monoisotopic (exact) mass is 310 g/mol. The highest BCUT2D eigenvalue weighted by Crippen LogP contribution is 2.26. The molecule has 1 saturated heterocycles. The maximum absolute atomic E-state index is 5.35. The van der Waals surface area contributed by atoms with E-state index >= 15 is 0 Å². The van der Waals surface area contributed by atoms with E-state index in [4.69, 9.17) is 4.52 Å². The van der Waals surface area contributed by atoms with Gasteiger partial charge in [0.15, 0.2) is 0 Å². The lowest BCUT2D eigenvalue weighted by atomic mass is 10.2. The fourth-order valence-corrected chi connectivity index (χ4v) is 2.42. The molecule has 0 saturated carbocycles. The molecule has 0 unspecified atom stereocenters. The molecule has 4 rings (SSSR count). The Hall–Kier alpha value is -2.94. The van der Waals surface area contributed by atoms with Crippen molar-refractivity contribution >= 4 is 5.82 Å². The van der Waals surface area contributed by atoms with Crippen LogP contribution in [0.4, 0.5) is 5.82 Å². The minimum Gasteiger partial charge on any atom is -0.365 e. The predicted molar refractivity (Wildman–Crippen MR) is 81.2 cm³/mol. The first-order valence-corrected chi connectivity index (χ1v) is 7.28. The lowest BCUT2D eigenvalue weighted by molar-refractivity contribution is 0.432. The van der Waals surface area contributed by atoms with Crippen molar-refractivity contribution in [2.24, 2.45) is 0 Å². The molecular formula is C14H14N8O. The number of nitrogens with zero attached hydrogens (tertiary/aromatic N) is 6. The van der Waals surface area contributed by atoms with Crippen LogP contribution in [0.3, 0.4) is 0 Å². The summed E-state index contributed by atoms with van der Waals surface area (Å²) in [6.07, 6.45) is 8.95. The summed E-state index contributed by atoms with van der Waals surface area (Å²) in [6, 6.07) is 0.325. The topological polar surface area (TPSA) is 115 Å². The van der Waals surface area contributed by atoms with Crippen LogP contribution in [-0.4, -0.2) is 49.2 Å². The molecule has 4 heterocycles. The van der Waals surface area contributed by atoms with Crippen LogP contribution in [0.5, 0.6) is 0 Å². The van der Waals surface area contributed by atoms with E-state index < -0.39 is 0 Å². The second-order valence-corrected chi connectivity index (χ2v) is 5.13. The van der Waals surface area contributed by atoms with E-state index in [0.29, 0.717) is 34.8 Å². The summed E-state index contributed by atoms with van der Waals surface area (Å²) in [5, 5.41) is 10.6. The average molecular weight is 310 g/mol. The standard InChI is InChI=1S/C14H14N8O/c1-2-15-5-9(1)20-12-10(6-17-8-19-12)14-21-13(22-23-14)11-7-16-3-4-18-11/h3-4,6-9,15H,1-2,5H2,(H,17,19,20)/t9-/m1/s1. The molecule has 3 aromatic heterocycles. The summed E-state index contributed by atoms with van der Waals surface area (Å²) in [6.45, 7) is 1.90. The first kappa shape index (κ1) is 13.7. The Morgan fingerprint density at radius 2 is 2.17 bits per heavy atom. The molecule has 1 fully saturated rings. The Labute approximate surface area is 131 Å². The van der Waals surface area contributed by atoms with E-state index in [-0.39, 0.29) is 0 Å². The van der Waals surface area contributed by atoms with Gasteiger partial charge in [0.1, 0.15) is 23.4 Å². The zero-order valence-corrected chi connectivity index (χ0v) is 12.2. The first-order valence-electron chi connectivity index (χ1n) is 7.28. The smallest absolute Gasteiger partial charge is 0.263 e. The van der Waals surface area contributed by atoms with Gasteiger partial charge in [-0.05, 0) is 13.0 Å². The van der Waals surface area contributed by atoms with Gasteiger partial charge < -0.3 is 15.2 Å². The van der Waals surface area contributed by atoms with Crippen molar-refractivity contribution in [1.29, 1.82) is 0 Å². The van der Waals surface area contributed by atoms with Crippen molar-refractivity contribution in [3.05, 3.63) is 31.1 Å². The minimum atomic E-state index is 0.325. The molecule has 9 heteroatoms. The Bertz CT molecular complexity index is 784. The average Bonchev–Trinajstić information content (AvgIpc) is 3.28. The number of hydrogen-bond acceptors (Lipinski definition) is 9. The van der Waals surface area contributed by atoms with Crippen LogP contribution in [0.2, 0.25) is 0 Å². The van der Waals surface area contributed by atoms with Crippen LogP contribution in [0.15, 0.2) is 35.6 Å². The lowest BCUT2D eigenvalue weighted by Crippen LogP contribution is -2.23. The molecular weight excluding hydrogens is 296 g/mol. The highest BCUT2D eigenvalue weighted by atomic mass is 16.5. The molecule has 0 radical (unpaired) electrons. The summed E-state index contributed by atoms with van der Waals surface area (Å²) in [5.74, 6) is 1.41. The van der Waals surface area contributed by atoms with Crippen molar-refractivity contribution in [1.82, 2.24) is 35.4 Å². The number of aromatic nitrogens is 6. The highest BCUT2D eigenvalue weighted by Gasteiger charge is 2.20. The van der Waals surface area contributed by atoms with E-state index in [0.717, 1.165) is 19.5 Å². The molecule has 0 spiro atoms. The van der Waals surface area contributed by atoms with Gasteiger partial charge in [-0.2, -0.15) is 4.98 Å². The second-order valence-electron chi connectivity index (χ2n) is 5.13. The Balaban J connectivity index is 1.64. The fraction of sp³-hybridized carbons (Fsp3) is 0.286. The van der Waals surface area contributed by atoms with E-state index in [9.17, 15) is 0 Å². The van der Waals surface area contributed by atoms with E-state index in [1.54, 1.807) is 24.8 Å². The van der Waals surface area contributed by atoms with Gasteiger partial charge in [-0.3, -0.25) is 4.98 Å². The van der Waals surface area contributed by atoms with Gasteiger partial charge in [-0.15, -0.1) is 0 Å². The van der Waals surface area contributed by atoms with E-state index in [1.165, 1.54) is 6.33 Å². The molecule has 0 amide bonds. The SMILES string of the molecule is c1cnc(-c2noc(-c3cncnc3N[C@@H]3CCNC3)n2)cn1. The molecule has 0 aromatic carbocycles. The van der Waals surface area contributed by atoms with Gasteiger partial charge in [0.05, 0.1) is 6.20 Å². The van der Waals surface area contributed by atoms with Gasteiger partial charge in [0.2, 0.25) is 5.82 Å². The molecule has 3 aromatic rings. The van der Waals surface area contributed by atoms with Crippen LogP contribution in [0, 0.1) is 0 Å². The zero-order chi connectivity index (χ0) is 15.5. The lowest BCUT2D eigenvalue weighted by Gasteiger charge is -2.13. The number of rotatable bonds is 4. The number of hydrogen-bond donors (Lipinski definition) is 2. The van der Waals surface area contributed by atoms with Crippen molar-refractivity contribution < 1.29 is 4.52 Å². The van der Waals surface area contributed by atoms with Gasteiger partial charge in [0.25, 0.3) is 5.89 Å². The number of anilines is 1. The third-order valence-corrected chi connectivity index (χ3v) is 3.56. The van der Waals surface area contributed by atoms with Crippen LogP contribution < -0.4 is 10.6 Å². The predicted octanol–water partition coefficient (Wildman–Crippen LogP) is 0.757. The van der Waals surface area contributed by atoms with Crippen molar-refractivity contribution in [3.63, 3.8) is 0 Å². The van der Waals surface area contributed by atoms with E-state index in [2.05, 4.69) is 40.7 Å². The van der Waals surface area contributed by atoms with Crippen molar-refractivity contribution in [3.8, 4) is 23.0 Å². The third kappa shape index (κ3) is 2.86. The fourth-order valence-electron chi connectivity index (χ4n) is 2.42. The molecule has 0 bridgehead atoms. The summed E-state index contributed by atoms with van der Waals surface area (Å²) in [7, 11) is 0. The van der Waals surface area contributed by atoms with Crippen LogP contribution in [-0.2, 0) is 0 Å². The van der Waals surface area contributed by atoms with Gasteiger partial charge >= 0.3 is 0 Å². The van der Waals surface area contributed by atoms with Gasteiger partial charge in [-0.25, -0.2) is 15.0 Å². The van der Waals surface area contributed by atoms with Crippen LogP contribution in [0.25, 0.3) is 23.0 Å². The Morgan fingerprint density at radius 3 is 3.00 bits per heavy atom. The van der Waals surface area contributed by atoms with Crippen LogP contribution >= 0.6 is 0 Å². The maximum atomic E-state index is 5.35. The molecule has 1 aliphatic heterocycles.